The largest absolute Gasteiger partial charge is 0.239 e. The number of hydrogen-bond acceptors (Lipinski definition) is 0. The van der Waals surface area contributed by atoms with Gasteiger partial charge in [0.05, 0.1) is 0 Å². The molecule has 0 aliphatic heterocycles. The highest BCUT2D eigenvalue weighted by atomic mass is 19.2. The Morgan fingerprint density at radius 2 is 1.73 bits per heavy atom. The van der Waals surface area contributed by atoms with Gasteiger partial charge in [0, 0.05) is 10.6 Å². The van der Waals surface area contributed by atoms with Gasteiger partial charge in [-0.05, 0) is 55.6 Å². The number of alkyl halides is 1. The number of benzene rings is 1. The van der Waals surface area contributed by atoms with E-state index in [1.54, 1.807) is 12.1 Å². The van der Waals surface area contributed by atoms with E-state index in [9.17, 15) is 4.39 Å². The van der Waals surface area contributed by atoms with E-state index in [-0.39, 0.29) is 5.92 Å². The number of hydrogen-bond donors (Lipinski definition) is 0. The van der Waals surface area contributed by atoms with Crippen LogP contribution in [0.1, 0.15) is 51.4 Å². The minimum absolute atomic E-state index is 0.191. The molecule has 1 saturated carbocycles. The molecule has 2 aliphatic carbocycles. The Kier molecular flexibility index (Phi) is 6.11. The zero-order valence-electron chi connectivity index (χ0n) is 15.6. The molecule has 0 spiro atoms. The fourth-order valence-electron chi connectivity index (χ4n) is 5.00. The average Bonchev–Trinajstić information content (AvgIpc) is 2.68. The van der Waals surface area contributed by atoms with Crippen LogP contribution in [-0.4, -0.2) is 6.17 Å². The first-order valence-electron chi connectivity index (χ1n) is 9.96. The molecule has 26 heavy (non-hydrogen) atoms. The van der Waals surface area contributed by atoms with Gasteiger partial charge in [0.25, 0.3) is 0 Å². The van der Waals surface area contributed by atoms with Crippen molar-refractivity contribution < 1.29 is 8.78 Å². The molecule has 0 saturated heterocycles. The molecule has 1 aromatic carbocycles. The summed E-state index contributed by atoms with van der Waals surface area (Å²) in [5, 5.41) is 1.27. The molecule has 140 valence electrons. The molecule has 0 heterocycles. The molecular formula is C24H30F2. The van der Waals surface area contributed by atoms with Crippen LogP contribution in [0.4, 0.5) is 8.78 Å². The topological polar surface area (TPSA) is 0 Å². The van der Waals surface area contributed by atoms with Gasteiger partial charge in [-0.15, -0.1) is 13.2 Å². The van der Waals surface area contributed by atoms with Crippen molar-refractivity contribution in [2.45, 2.75) is 57.5 Å². The Morgan fingerprint density at radius 3 is 2.42 bits per heavy atom. The van der Waals surface area contributed by atoms with Crippen LogP contribution in [0.25, 0.3) is 11.9 Å². The molecule has 1 fully saturated rings. The normalized spacial score (nSPS) is 31.0. The van der Waals surface area contributed by atoms with E-state index in [4.69, 9.17) is 0 Å². The van der Waals surface area contributed by atoms with Crippen LogP contribution in [0.3, 0.4) is 0 Å². The van der Waals surface area contributed by atoms with Gasteiger partial charge in [-0.3, -0.25) is 0 Å². The van der Waals surface area contributed by atoms with Crippen LogP contribution in [0, 0.1) is 17.3 Å². The highest BCUT2D eigenvalue weighted by molar-refractivity contribution is 5.55. The highest BCUT2D eigenvalue weighted by Gasteiger charge is 2.48. The van der Waals surface area contributed by atoms with Crippen molar-refractivity contribution in [2.24, 2.45) is 17.3 Å². The molecule has 3 rings (SSSR count). The van der Waals surface area contributed by atoms with Crippen molar-refractivity contribution in [1.82, 2.24) is 0 Å². The Morgan fingerprint density at radius 1 is 1.04 bits per heavy atom. The summed E-state index contributed by atoms with van der Waals surface area (Å²) < 4.78 is 30.5. The summed E-state index contributed by atoms with van der Waals surface area (Å²) in [6, 6.07) is 7.29. The van der Waals surface area contributed by atoms with E-state index in [2.05, 4.69) is 13.2 Å². The molecule has 2 atom stereocenters. The lowest BCUT2D eigenvalue weighted by molar-refractivity contribution is 0.0774. The number of fused-ring (bicyclic) bond motifs is 1. The summed E-state index contributed by atoms with van der Waals surface area (Å²) in [5.41, 5.74) is -0.740. The minimum atomic E-state index is -1.55. The van der Waals surface area contributed by atoms with Crippen molar-refractivity contribution in [3.05, 3.63) is 60.0 Å². The lowest BCUT2D eigenvalue weighted by Crippen LogP contribution is -2.48. The second-order valence-corrected chi connectivity index (χ2v) is 7.97. The first-order chi connectivity index (χ1) is 12.6. The Labute approximate surface area is 156 Å². The fourth-order valence-corrected chi connectivity index (χ4v) is 5.00. The molecule has 1 aromatic rings. The van der Waals surface area contributed by atoms with E-state index in [1.165, 1.54) is 6.42 Å². The van der Waals surface area contributed by atoms with Crippen molar-refractivity contribution in [1.29, 1.82) is 0 Å². The van der Waals surface area contributed by atoms with Gasteiger partial charge in [0.15, 0.2) is 6.17 Å². The summed E-state index contributed by atoms with van der Waals surface area (Å²) in [6.07, 6.45) is 12.0. The third-order valence-corrected chi connectivity index (χ3v) is 6.50. The van der Waals surface area contributed by atoms with E-state index in [0.29, 0.717) is 24.0 Å². The summed E-state index contributed by atoms with van der Waals surface area (Å²) in [4.78, 5) is 0. The van der Waals surface area contributed by atoms with Crippen LogP contribution in [0.2, 0.25) is 0 Å². The van der Waals surface area contributed by atoms with E-state index in [1.807, 2.05) is 30.4 Å². The van der Waals surface area contributed by atoms with Gasteiger partial charge in [-0.25, -0.2) is 8.78 Å². The Balaban J connectivity index is 1.92. The summed E-state index contributed by atoms with van der Waals surface area (Å²) >= 11 is 0. The quantitative estimate of drug-likeness (QED) is 0.556. The Bertz CT molecular complexity index is 755. The number of rotatable bonds is 7. The molecule has 0 N–H and O–H groups in total. The van der Waals surface area contributed by atoms with Gasteiger partial charge in [0.2, 0.25) is 0 Å². The molecule has 2 heteroatoms. The van der Waals surface area contributed by atoms with Crippen molar-refractivity contribution in [3.63, 3.8) is 0 Å². The molecule has 0 nitrogen and oxygen atoms in total. The lowest BCUT2D eigenvalue weighted by Gasteiger charge is -2.45. The molecule has 0 aromatic heterocycles. The van der Waals surface area contributed by atoms with Crippen LogP contribution in [0.15, 0.2) is 49.6 Å². The zero-order chi connectivity index (χ0) is 18.6. The van der Waals surface area contributed by atoms with Gasteiger partial charge in [0.1, 0.15) is 5.83 Å². The van der Waals surface area contributed by atoms with Crippen molar-refractivity contribution in [2.75, 3.05) is 0 Å². The van der Waals surface area contributed by atoms with Crippen molar-refractivity contribution in [3.8, 4) is 0 Å². The molecule has 0 amide bonds. The standard InChI is InChI=1S/C24H30F2/c1-3-5-9-18-12-14-20(15-13-18)24(16-6-4-2)17-19-10-7-8-11-21(19)22(25)23(24)26/h3-4,7-8,10-11,17-18,20,23H,1-2,5-6,9,12-16H2. The fraction of sp³-hybridized carbons (Fsp3) is 0.500. The third kappa shape index (κ3) is 3.56. The summed E-state index contributed by atoms with van der Waals surface area (Å²) in [6.45, 7) is 7.62. The van der Waals surface area contributed by atoms with Crippen LogP contribution >= 0.6 is 0 Å². The summed E-state index contributed by atoms with van der Waals surface area (Å²) in [7, 11) is 0. The van der Waals surface area contributed by atoms with E-state index >= 15 is 4.39 Å². The first kappa shape index (κ1) is 19.1. The second-order valence-electron chi connectivity index (χ2n) is 7.97. The number of allylic oxidation sites excluding steroid dienone is 2. The molecule has 2 aliphatic rings. The molecular weight excluding hydrogens is 326 g/mol. The monoisotopic (exact) mass is 356 g/mol. The van der Waals surface area contributed by atoms with E-state index < -0.39 is 17.4 Å². The first-order valence-corrected chi connectivity index (χ1v) is 9.96. The van der Waals surface area contributed by atoms with Crippen LogP contribution in [-0.2, 0) is 0 Å². The maximum absolute atomic E-state index is 15.5. The van der Waals surface area contributed by atoms with Crippen LogP contribution < -0.4 is 10.4 Å². The van der Waals surface area contributed by atoms with Crippen LogP contribution in [0.5, 0.6) is 0 Å². The van der Waals surface area contributed by atoms with Gasteiger partial charge >= 0.3 is 0 Å². The maximum atomic E-state index is 15.5. The smallest absolute Gasteiger partial charge is 0.161 e. The zero-order valence-corrected chi connectivity index (χ0v) is 15.6. The van der Waals surface area contributed by atoms with E-state index in [0.717, 1.165) is 37.3 Å². The summed E-state index contributed by atoms with van der Waals surface area (Å²) in [5.74, 6) is 0.306. The second kappa shape index (κ2) is 8.33. The SMILES string of the molecule is C=CCCC1CCC(C2(CCC=C)C=c3ccccc3=C(F)C2F)CC1. The molecule has 2 unspecified atom stereocenters. The maximum Gasteiger partial charge on any atom is 0.161 e. The highest BCUT2D eigenvalue weighted by Crippen LogP contribution is 2.51. The minimum Gasteiger partial charge on any atom is -0.239 e. The van der Waals surface area contributed by atoms with Gasteiger partial charge in [-0.1, -0.05) is 55.3 Å². The Hall–Kier alpha value is -1.70. The van der Waals surface area contributed by atoms with Crippen molar-refractivity contribution >= 4 is 11.9 Å². The lowest BCUT2D eigenvalue weighted by atomic mass is 9.60. The van der Waals surface area contributed by atoms with Gasteiger partial charge in [-0.2, -0.15) is 0 Å². The average molecular weight is 357 g/mol. The van der Waals surface area contributed by atoms with Gasteiger partial charge < -0.3 is 0 Å². The number of halogens is 2. The molecule has 0 radical (unpaired) electrons. The third-order valence-electron chi connectivity index (χ3n) is 6.50. The predicted molar refractivity (Wildman–Crippen MR) is 106 cm³/mol. The molecule has 0 bridgehead atoms. The predicted octanol–water partition coefficient (Wildman–Crippen LogP) is 5.62.